The molecule has 0 aliphatic carbocycles. The molecular weight excluding hydrogens is 320 g/mol. The van der Waals surface area contributed by atoms with Crippen molar-refractivity contribution in [2.75, 3.05) is 13.2 Å². The highest BCUT2D eigenvalue weighted by atomic mass is 79.9. The number of hydrogen-bond acceptors (Lipinski definition) is 2. The van der Waals surface area contributed by atoms with E-state index in [0.29, 0.717) is 13.0 Å². The highest BCUT2D eigenvalue weighted by Crippen LogP contribution is 2.10. The number of hydrogen-bond donors (Lipinski definition) is 1. The lowest BCUT2D eigenvalue weighted by Gasteiger charge is -2.10. The predicted molar refractivity (Wildman–Crippen MR) is 72.5 cm³/mol. The van der Waals surface area contributed by atoms with Crippen molar-refractivity contribution in [1.82, 2.24) is 5.32 Å². The van der Waals surface area contributed by atoms with Gasteiger partial charge in [0.25, 0.3) is 0 Å². The first-order valence-electron chi connectivity index (χ1n) is 7.17. The van der Waals surface area contributed by atoms with Gasteiger partial charge in [0.2, 0.25) is 5.91 Å². The lowest BCUT2D eigenvalue weighted by molar-refractivity contribution is -0.697. The molecule has 0 spiro atoms. The second-order valence-electron chi connectivity index (χ2n) is 5.01. The van der Waals surface area contributed by atoms with E-state index in [9.17, 15) is 4.79 Å². The van der Waals surface area contributed by atoms with Gasteiger partial charge in [0.1, 0.15) is 6.54 Å². The monoisotopic (exact) mass is 342 g/mol. The Kier molecular flexibility index (Phi) is 8.46. The molecule has 112 valence electrons. The number of aromatic nitrogens is 1. The van der Waals surface area contributed by atoms with Crippen molar-refractivity contribution in [2.45, 2.75) is 44.8 Å². The molecule has 0 radical (unpaired) electrons. The highest BCUT2D eigenvalue weighted by molar-refractivity contribution is 5.75. The van der Waals surface area contributed by atoms with Gasteiger partial charge < -0.3 is 27.0 Å². The van der Waals surface area contributed by atoms with Crippen molar-refractivity contribution in [3.8, 4) is 0 Å². The van der Waals surface area contributed by atoms with Crippen molar-refractivity contribution >= 4 is 5.91 Å². The average Bonchev–Trinajstić information content (AvgIpc) is 2.96. The topological polar surface area (TPSA) is 42.2 Å². The van der Waals surface area contributed by atoms with Crippen LogP contribution in [0.15, 0.2) is 30.6 Å². The maximum atomic E-state index is 11.6. The lowest BCUT2D eigenvalue weighted by atomic mass is 10.2. The van der Waals surface area contributed by atoms with Crippen molar-refractivity contribution in [3.05, 3.63) is 30.6 Å². The lowest BCUT2D eigenvalue weighted by Crippen LogP contribution is -3.00. The maximum Gasteiger partial charge on any atom is 0.220 e. The highest BCUT2D eigenvalue weighted by Gasteiger charge is 2.15. The quantitative estimate of drug-likeness (QED) is 0.481. The van der Waals surface area contributed by atoms with Crippen molar-refractivity contribution in [1.29, 1.82) is 0 Å². The van der Waals surface area contributed by atoms with Gasteiger partial charge >= 0.3 is 0 Å². The molecule has 2 heterocycles. The summed E-state index contributed by atoms with van der Waals surface area (Å²) < 4.78 is 7.61. The molecule has 20 heavy (non-hydrogen) atoms. The summed E-state index contributed by atoms with van der Waals surface area (Å²) in [6.07, 6.45) is 9.11. The van der Waals surface area contributed by atoms with Gasteiger partial charge in [0.05, 0.1) is 6.10 Å². The smallest absolute Gasteiger partial charge is 0.220 e. The summed E-state index contributed by atoms with van der Waals surface area (Å²) in [6.45, 7) is 2.49. The normalized spacial score (nSPS) is 17.5. The Hall–Kier alpha value is -0.940. The molecule has 1 N–H and O–H groups in total. The van der Waals surface area contributed by atoms with E-state index in [-0.39, 0.29) is 29.0 Å². The number of amides is 1. The molecule has 0 saturated carbocycles. The molecule has 1 aliphatic rings. The van der Waals surface area contributed by atoms with Gasteiger partial charge in [-0.3, -0.25) is 4.79 Å². The Balaban J connectivity index is 0.00000200. The van der Waals surface area contributed by atoms with Gasteiger partial charge in [0, 0.05) is 38.1 Å². The molecule has 1 aromatic heterocycles. The number of ether oxygens (including phenoxy) is 1. The van der Waals surface area contributed by atoms with Crippen LogP contribution in [0.5, 0.6) is 0 Å². The number of carbonyl (C=O) groups is 1. The van der Waals surface area contributed by atoms with E-state index >= 15 is 0 Å². The Morgan fingerprint density at radius 2 is 2.05 bits per heavy atom. The first kappa shape index (κ1) is 17.1. The summed E-state index contributed by atoms with van der Waals surface area (Å²) in [4.78, 5) is 11.6. The van der Waals surface area contributed by atoms with E-state index in [0.717, 1.165) is 38.8 Å². The van der Waals surface area contributed by atoms with Crippen molar-refractivity contribution in [3.63, 3.8) is 0 Å². The minimum Gasteiger partial charge on any atom is -1.00 e. The fourth-order valence-corrected chi connectivity index (χ4v) is 2.28. The summed E-state index contributed by atoms with van der Waals surface area (Å²) in [7, 11) is 0. The molecule has 1 saturated heterocycles. The number of aryl methyl sites for hydroxylation is 1. The summed E-state index contributed by atoms with van der Waals surface area (Å²) in [5.41, 5.74) is 0. The second kappa shape index (κ2) is 9.88. The van der Waals surface area contributed by atoms with Crippen LogP contribution >= 0.6 is 0 Å². The van der Waals surface area contributed by atoms with E-state index in [1.807, 2.05) is 18.2 Å². The zero-order chi connectivity index (χ0) is 13.3. The van der Waals surface area contributed by atoms with Crippen LogP contribution in [-0.2, 0) is 16.1 Å². The third-order valence-corrected chi connectivity index (χ3v) is 3.40. The molecule has 1 fully saturated rings. The largest absolute Gasteiger partial charge is 1.00 e. The van der Waals surface area contributed by atoms with Crippen LogP contribution in [0.3, 0.4) is 0 Å². The third kappa shape index (κ3) is 6.48. The molecular formula is C15H23BrN2O2. The van der Waals surface area contributed by atoms with Crippen molar-refractivity contribution in [2.24, 2.45) is 0 Å². The molecule has 4 nitrogen and oxygen atoms in total. The molecule has 1 atom stereocenters. The molecule has 1 aliphatic heterocycles. The van der Waals surface area contributed by atoms with Crippen LogP contribution in [0.4, 0.5) is 0 Å². The number of unbranched alkanes of at least 4 members (excludes halogenated alkanes) is 1. The second-order valence-corrected chi connectivity index (χ2v) is 5.01. The van der Waals surface area contributed by atoms with E-state index in [1.54, 1.807) is 0 Å². The van der Waals surface area contributed by atoms with Gasteiger partial charge in [-0.15, -0.1) is 0 Å². The van der Waals surface area contributed by atoms with Crippen LogP contribution in [0.2, 0.25) is 0 Å². The average molecular weight is 343 g/mol. The number of nitrogens with one attached hydrogen (secondary N) is 1. The first-order valence-corrected chi connectivity index (χ1v) is 7.17. The Bertz CT molecular complexity index is 381. The minimum atomic E-state index is 0. The molecule has 2 rings (SSSR count). The van der Waals surface area contributed by atoms with E-state index in [1.165, 1.54) is 0 Å². The van der Waals surface area contributed by atoms with Crippen LogP contribution in [-0.4, -0.2) is 25.2 Å². The number of halogens is 1. The first-order chi connectivity index (χ1) is 9.34. The minimum absolute atomic E-state index is 0. The Labute approximate surface area is 131 Å². The summed E-state index contributed by atoms with van der Waals surface area (Å²) in [5, 5.41) is 2.95. The zero-order valence-corrected chi connectivity index (χ0v) is 13.3. The van der Waals surface area contributed by atoms with Gasteiger partial charge in [-0.2, -0.15) is 0 Å². The molecule has 1 amide bonds. The molecule has 1 unspecified atom stereocenters. The molecule has 5 heteroatoms. The summed E-state index contributed by atoms with van der Waals surface area (Å²) >= 11 is 0. The number of nitrogens with zero attached hydrogens (tertiary/aromatic N) is 1. The van der Waals surface area contributed by atoms with Crippen LogP contribution in [0.25, 0.3) is 0 Å². The number of rotatable bonds is 7. The van der Waals surface area contributed by atoms with Gasteiger partial charge in [-0.1, -0.05) is 6.07 Å². The van der Waals surface area contributed by atoms with Crippen LogP contribution < -0.4 is 26.9 Å². The summed E-state index contributed by atoms with van der Waals surface area (Å²) in [5.74, 6) is 0.147. The van der Waals surface area contributed by atoms with E-state index in [2.05, 4.69) is 22.3 Å². The molecule has 1 aromatic rings. The zero-order valence-electron chi connectivity index (χ0n) is 11.8. The van der Waals surface area contributed by atoms with E-state index < -0.39 is 0 Å². The fourth-order valence-electron chi connectivity index (χ4n) is 2.28. The van der Waals surface area contributed by atoms with Crippen LogP contribution in [0.1, 0.15) is 32.1 Å². The standard InChI is InChI=1S/C15H22N2O2.BrH/c18-15(16-13-14-7-6-12-19-14)8-2-5-11-17-9-3-1-4-10-17;/h1,3-4,9-10,14H,2,5-8,11-13H2;1H. The molecule has 0 aromatic carbocycles. The van der Waals surface area contributed by atoms with Gasteiger partial charge in [0.15, 0.2) is 12.4 Å². The maximum absolute atomic E-state index is 11.6. The number of pyridine rings is 1. The molecule has 0 bridgehead atoms. The fraction of sp³-hybridized carbons (Fsp3) is 0.600. The van der Waals surface area contributed by atoms with E-state index in [4.69, 9.17) is 4.74 Å². The predicted octanol–water partition coefficient (Wildman–Crippen LogP) is -1.56. The van der Waals surface area contributed by atoms with Gasteiger partial charge in [-0.05, 0) is 19.3 Å². The SMILES string of the molecule is O=C(CCCC[n+]1ccccc1)NCC1CCCO1.[Br-]. The van der Waals surface area contributed by atoms with Crippen LogP contribution in [0, 0.1) is 0 Å². The number of carbonyl (C=O) groups excluding carboxylic acids is 1. The summed E-state index contributed by atoms with van der Waals surface area (Å²) in [6, 6.07) is 6.05. The Morgan fingerprint density at radius 1 is 1.25 bits per heavy atom. The Morgan fingerprint density at radius 3 is 2.75 bits per heavy atom. The van der Waals surface area contributed by atoms with Gasteiger partial charge in [-0.25, -0.2) is 4.57 Å². The van der Waals surface area contributed by atoms with Crippen molar-refractivity contribution < 1.29 is 31.1 Å². The third-order valence-electron chi connectivity index (χ3n) is 3.40.